The molecule has 1 rings (SSSR count). The standard InChI is InChI=1S/C17H27BrO/c1-3-5-7-9-13-19-17-12-11-15(14-16(17)18)10-8-6-4-2/h11-12,14H,3-10,13H2,1-2H3. The van der Waals surface area contributed by atoms with Gasteiger partial charge in [0.1, 0.15) is 5.75 Å². The van der Waals surface area contributed by atoms with Crippen molar-refractivity contribution in [2.24, 2.45) is 0 Å². The fourth-order valence-electron chi connectivity index (χ4n) is 2.11. The van der Waals surface area contributed by atoms with Gasteiger partial charge in [-0.05, 0) is 52.9 Å². The molecule has 108 valence electrons. The van der Waals surface area contributed by atoms with E-state index in [-0.39, 0.29) is 0 Å². The Morgan fingerprint density at radius 2 is 1.68 bits per heavy atom. The molecule has 19 heavy (non-hydrogen) atoms. The minimum absolute atomic E-state index is 0.827. The molecule has 0 amide bonds. The average molecular weight is 327 g/mol. The Morgan fingerprint density at radius 1 is 0.947 bits per heavy atom. The molecule has 0 bridgehead atoms. The number of ether oxygens (including phenoxy) is 1. The van der Waals surface area contributed by atoms with Gasteiger partial charge in [-0.1, -0.05) is 52.0 Å². The quantitative estimate of drug-likeness (QED) is 0.469. The highest BCUT2D eigenvalue weighted by molar-refractivity contribution is 9.10. The topological polar surface area (TPSA) is 9.23 Å². The average Bonchev–Trinajstić information content (AvgIpc) is 2.41. The van der Waals surface area contributed by atoms with Crippen molar-refractivity contribution in [3.8, 4) is 5.75 Å². The lowest BCUT2D eigenvalue weighted by molar-refractivity contribution is 0.303. The maximum Gasteiger partial charge on any atom is 0.133 e. The summed E-state index contributed by atoms with van der Waals surface area (Å²) in [6.07, 6.45) is 10.0. The second-order valence-electron chi connectivity index (χ2n) is 5.13. The first kappa shape index (κ1) is 16.6. The van der Waals surface area contributed by atoms with Crippen molar-refractivity contribution in [2.45, 2.75) is 65.2 Å². The third-order valence-electron chi connectivity index (χ3n) is 3.32. The summed E-state index contributed by atoms with van der Waals surface area (Å²) in [5, 5.41) is 0. The van der Waals surface area contributed by atoms with Crippen molar-refractivity contribution in [3.05, 3.63) is 28.2 Å². The Labute approximate surface area is 126 Å². The molecular formula is C17H27BrO. The van der Waals surface area contributed by atoms with Crippen LogP contribution < -0.4 is 4.74 Å². The lowest BCUT2D eigenvalue weighted by atomic mass is 10.1. The maximum absolute atomic E-state index is 5.82. The molecule has 0 fully saturated rings. The molecule has 1 aromatic rings. The van der Waals surface area contributed by atoms with E-state index in [4.69, 9.17) is 4.74 Å². The van der Waals surface area contributed by atoms with Gasteiger partial charge in [-0.3, -0.25) is 0 Å². The van der Waals surface area contributed by atoms with Crippen molar-refractivity contribution in [1.29, 1.82) is 0 Å². The van der Waals surface area contributed by atoms with Gasteiger partial charge in [0.15, 0.2) is 0 Å². The molecule has 0 saturated heterocycles. The summed E-state index contributed by atoms with van der Waals surface area (Å²) >= 11 is 3.61. The molecule has 0 saturated carbocycles. The Bertz CT molecular complexity index is 349. The molecule has 0 heterocycles. The number of hydrogen-bond donors (Lipinski definition) is 0. The number of rotatable bonds is 10. The number of halogens is 1. The highest BCUT2D eigenvalue weighted by Crippen LogP contribution is 2.27. The molecule has 0 aromatic heterocycles. The van der Waals surface area contributed by atoms with E-state index < -0.39 is 0 Å². The van der Waals surface area contributed by atoms with Gasteiger partial charge >= 0.3 is 0 Å². The van der Waals surface area contributed by atoms with Gasteiger partial charge in [0, 0.05) is 0 Å². The third kappa shape index (κ3) is 7.00. The van der Waals surface area contributed by atoms with Crippen molar-refractivity contribution in [1.82, 2.24) is 0 Å². The summed E-state index contributed by atoms with van der Waals surface area (Å²) in [5.74, 6) is 0.982. The van der Waals surface area contributed by atoms with Crippen molar-refractivity contribution < 1.29 is 4.74 Å². The first-order valence-electron chi connectivity index (χ1n) is 7.69. The molecule has 0 N–H and O–H groups in total. The normalized spacial score (nSPS) is 10.7. The molecule has 0 radical (unpaired) electrons. The first-order valence-corrected chi connectivity index (χ1v) is 8.48. The Kier molecular flexibility index (Phi) is 8.98. The minimum atomic E-state index is 0.827. The zero-order valence-corrected chi connectivity index (χ0v) is 14.0. The molecule has 2 heteroatoms. The number of unbranched alkanes of at least 4 members (excludes halogenated alkanes) is 5. The summed E-state index contributed by atoms with van der Waals surface area (Å²) in [7, 11) is 0. The van der Waals surface area contributed by atoms with E-state index >= 15 is 0 Å². The van der Waals surface area contributed by atoms with Crippen LogP contribution >= 0.6 is 15.9 Å². The molecule has 1 aromatic carbocycles. The predicted octanol–water partition coefficient (Wildman–Crippen LogP) is 6.14. The van der Waals surface area contributed by atoms with Gasteiger partial charge in [0.25, 0.3) is 0 Å². The second-order valence-corrected chi connectivity index (χ2v) is 5.99. The lowest BCUT2D eigenvalue weighted by Gasteiger charge is -2.09. The van der Waals surface area contributed by atoms with Gasteiger partial charge in [0.2, 0.25) is 0 Å². The Balaban J connectivity index is 2.34. The molecule has 0 atom stereocenters. The van der Waals surface area contributed by atoms with Crippen LogP contribution in [0.4, 0.5) is 0 Å². The van der Waals surface area contributed by atoms with E-state index in [0.29, 0.717) is 0 Å². The van der Waals surface area contributed by atoms with Crippen molar-refractivity contribution in [3.63, 3.8) is 0 Å². The molecular weight excluding hydrogens is 300 g/mol. The smallest absolute Gasteiger partial charge is 0.133 e. The highest BCUT2D eigenvalue weighted by atomic mass is 79.9. The van der Waals surface area contributed by atoms with Crippen LogP contribution in [0.2, 0.25) is 0 Å². The molecule has 0 aliphatic rings. The number of hydrogen-bond acceptors (Lipinski definition) is 1. The summed E-state index contributed by atoms with van der Waals surface area (Å²) in [5.41, 5.74) is 1.40. The monoisotopic (exact) mass is 326 g/mol. The van der Waals surface area contributed by atoms with Crippen molar-refractivity contribution >= 4 is 15.9 Å². The molecule has 1 nitrogen and oxygen atoms in total. The van der Waals surface area contributed by atoms with Crippen LogP contribution in [0, 0.1) is 0 Å². The van der Waals surface area contributed by atoms with Crippen molar-refractivity contribution in [2.75, 3.05) is 6.61 Å². The van der Waals surface area contributed by atoms with E-state index in [1.54, 1.807) is 0 Å². The Hall–Kier alpha value is -0.500. The largest absolute Gasteiger partial charge is 0.492 e. The van der Waals surface area contributed by atoms with Gasteiger partial charge in [-0.25, -0.2) is 0 Å². The van der Waals surface area contributed by atoms with Gasteiger partial charge in [-0.15, -0.1) is 0 Å². The fourth-order valence-corrected chi connectivity index (χ4v) is 2.65. The number of benzene rings is 1. The summed E-state index contributed by atoms with van der Waals surface area (Å²) in [4.78, 5) is 0. The fraction of sp³-hybridized carbons (Fsp3) is 0.647. The van der Waals surface area contributed by atoms with Crippen LogP contribution in [-0.4, -0.2) is 6.61 Å². The maximum atomic E-state index is 5.82. The van der Waals surface area contributed by atoms with E-state index in [0.717, 1.165) is 23.2 Å². The van der Waals surface area contributed by atoms with Crippen LogP contribution in [0.15, 0.2) is 22.7 Å². The van der Waals surface area contributed by atoms with E-state index in [1.807, 2.05) is 0 Å². The lowest BCUT2D eigenvalue weighted by Crippen LogP contribution is -1.98. The van der Waals surface area contributed by atoms with Crippen LogP contribution in [0.1, 0.15) is 64.4 Å². The predicted molar refractivity (Wildman–Crippen MR) is 87.0 cm³/mol. The van der Waals surface area contributed by atoms with E-state index in [9.17, 15) is 0 Å². The van der Waals surface area contributed by atoms with Crippen LogP contribution in [0.3, 0.4) is 0 Å². The second kappa shape index (κ2) is 10.3. The van der Waals surface area contributed by atoms with Crippen LogP contribution in [0.5, 0.6) is 5.75 Å². The van der Waals surface area contributed by atoms with Crippen LogP contribution in [-0.2, 0) is 6.42 Å². The van der Waals surface area contributed by atoms with Crippen LogP contribution in [0.25, 0.3) is 0 Å². The van der Waals surface area contributed by atoms with Gasteiger partial charge < -0.3 is 4.74 Å². The summed E-state index contributed by atoms with van der Waals surface area (Å²) in [6, 6.07) is 6.50. The highest BCUT2D eigenvalue weighted by Gasteiger charge is 2.02. The molecule has 0 aliphatic carbocycles. The van der Waals surface area contributed by atoms with E-state index in [2.05, 4.69) is 48.0 Å². The summed E-state index contributed by atoms with van der Waals surface area (Å²) in [6.45, 7) is 5.30. The zero-order chi connectivity index (χ0) is 13.9. The third-order valence-corrected chi connectivity index (χ3v) is 3.94. The first-order chi connectivity index (χ1) is 9.27. The number of aryl methyl sites for hydroxylation is 1. The van der Waals surface area contributed by atoms with E-state index in [1.165, 1.54) is 50.5 Å². The molecule has 0 unspecified atom stereocenters. The zero-order valence-electron chi connectivity index (χ0n) is 12.4. The SMILES string of the molecule is CCCCCCOc1ccc(CCCCC)cc1Br. The molecule has 0 aliphatic heterocycles. The van der Waals surface area contributed by atoms with Gasteiger partial charge in [0.05, 0.1) is 11.1 Å². The van der Waals surface area contributed by atoms with Gasteiger partial charge in [-0.2, -0.15) is 0 Å². The molecule has 0 spiro atoms. The Morgan fingerprint density at radius 3 is 2.37 bits per heavy atom. The summed E-state index contributed by atoms with van der Waals surface area (Å²) < 4.78 is 6.91. The minimum Gasteiger partial charge on any atom is -0.492 e.